The number of rotatable bonds is 2. The Morgan fingerprint density at radius 2 is 2.21 bits per heavy atom. The Hall–Kier alpha value is -1.95. The summed E-state index contributed by atoms with van der Waals surface area (Å²) < 4.78 is 19.0. The van der Waals surface area contributed by atoms with Crippen LogP contribution in [0.5, 0.6) is 5.88 Å². The maximum Gasteiger partial charge on any atom is 0.224 e. The zero-order chi connectivity index (χ0) is 13.4. The van der Waals surface area contributed by atoms with Crippen molar-refractivity contribution in [2.24, 2.45) is 0 Å². The first-order chi connectivity index (χ1) is 9.19. The van der Waals surface area contributed by atoms with E-state index in [0.717, 1.165) is 5.56 Å². The van der Waals surface area contributed by atoms with Crippen LogP contribution in [0.3, 0.4) is 0 Å². The van der Waals surface area contributed by atoms with Crippen molar-refractivity contribution >= 4 is 27.0 Å². The zero-order valence-corrected chi connectivity index (χ0v) is 11.5. The van der Waals surface area contributed by atoms with Crippen molar-refractivity contribution in [1.82, 2.24) is 15.0 Å². The van der Waals surface area contributed by atoms with Gasteiger partial charge in [0.05, 0.1) is 28.2 Å². The van der Waals surface area contributed by atoms with Gasteiger partial charge < -0.3 is 9.72 Å². The number of hydrogen-bond acceptors (Lipinski definition) is 3. The molecule has 3 rings (SSSR count). The second-order valence-corrected chi connectivity index (χ2v) is 4.78. The number of pyridine rings is 1. The van der Waals surface area contributed by atoms with Crippen molar-refractivity contribution in [2.75, 3.05) is 7.11 Å². The summed E-state index contributed by atoms with van der Waals surface area (Å²) in [5.41, 5.74) is 2.04. The number of benzene rings is 1. The summed E-state index contributed by atoms with van der Waals surface area (Å²) in [5, 5.41) is 0. The minimum atomic E-state index is -0.333. The molecule has 19 heavy (non-hydrogen) atoms. The summed E-state index contributed by atoms with van der Waals surface area (Å²) in [4.78, 5) is 11.6. The van der Waals surface area contributed by atoms with Gasteiger partial charge in [-0.05, 0) is 34.1 Å². The van der Waals surface area contributed by atoms with Crippen LogP contribution in [0.2, 0.25) is 0 Å². The molecule has 0 spiro atoms. The lowest BCUT2D eigenvalue weighted by molar-refractivity contribution is 0.399. The molecule has 1 aromatic carbocycles. The molecule has 0 radical (unpaired) electrons. The van der Waals surface area contributed by atoms with Crippen LogP contribution in [-0.2, 0) is 0 Å². The quantitative estimate of drug-likeness (QED) is 0.785. The van der Waals surface area contributed by atoms with E-state index in [9.17, 15) is 4.39 Å². The van der Waals surface area contributed by atoms with Gasteiger partial charge in [0, 0.05) is 12.3 Å². The van der Waals surface area contributed by atoms with Crippen LogP contribution >= 0.6 is 15.9 Å². The Bertz CT molecular complexity index is 718. The molecule has 6 heteroatoms. The summed E-state index contributed by atoms with van der Waals surface area (Å²) in [6, 6.07) is 6.67. The second kappa shape index (κ2) is 4.62. The Balaban J connectivity index is 2.20. The van der Waals surface area contributed by atoms with Gasteiger partial charge in [-0.3, -0.25) is 0 Å². The topological polar surface area (TPSA) is 50.8 Å². The lowest BCUT2D eigenvalue weighted by Gasteiger charge is -2.02. The van der Waals surface area contributed by atoms with Crippen LogP contribution in [0.15, 0.2) is 34.9 Å². The Morgan fingerprint density at radius 3 is 3.00 bits per heavy atom. The summed E-state index contributed by atoms with van der Waals surface area (Å²) in [6.45, 7) is 0. The van der Waals surface area contributed by atoms with Crippen LogP contribution < -0.4 is 4.74 Å². The summed E-state index contributed by atoms with van der Waals surface area (Å²) in [5.74, 6) is 0.736. The largest absolute Gasteiger partial charge is 0.480 e. The number of imidazole rings is 1. The minimum Gasteiger partial charge on any atom is -0.480 e. The smallest absolute Gasteiger partial charge is 0.224 e. The Morgan fingerprint density at radius 1 is 1.37 bits per heavy atom. The fourth-order valence-corrected chi connectivity index (χ4v) is 2.20. The first-order valence-corrected chi connectivity index (χ1v) is 6.32. The van der Waals surface area contributed by atoms with Gasteiger partial charge in [-0.15, -0.1) is 0 Å². The SMILES string of the molecule is COc1ncccc1-c1nc2cc(Br)c(F)cc2[nH]1. The number of ether oxygens (including phenoxy) is 1. The minimum absolute atomic E-state index is 0.333. The normalized spacial score (nSPS) is 10.9. The van der Waals surface area contributed by atoms with Gasteiger partial charge in [0.25, 0.3) is 0 Å². The fourth-order valence-electron chi connectivity index (χ4n) is 1.87. The fraction of sp³-hybridized carbons (Fsp3) is 0.0769. The maximum atomic E-state index is 13.5. The molecule has 0 aliphatic heterocycles. The standard InChI is InChI=1S/C13H9BrFN3O/c1-19-13-7(3-2-4-16-13)12-17-10-5-8(14)9(15)6-11(10)18-12/h2-6H,1H3,(H,17,18). The number of nitrogens with one attached hydrogen (secondary N) is 1. The monoisotopic (exact) mass is 321 g/mol. The molecule has 3 aromatic rings. The molecule has 2 aromatic heterocycles. The molecule has 1 N–H and O–H groups in total. The van der Waals surface area contributed by atoms with Crippen LogP contribution in [0.25, 0.3) is 22.4 Å². The molecule has 0 saturated heterocycles. The van der Waals surface area contributed by atoms with Crippen molar-refractivity contribution in [3.63, 3.8) is 0 Å². The van der Waals surface area contributed by atoms with Crippen LogP contribution in [-0.4, -0.2) is 22.1 Å². The molecule has 0 fully saturated rings. The highest BCUT2D eigenvalue weighted by Gasteiger charge is 2.12. The van der Waals surface area contributed by atoms with Crippen molar-refractivity contribution in [3.05, 3.63) is 40.8 Å². The first-order valence-electron chi connectivity index (χ1n) is 5.53. The molecule has 0 saturated carbocycles. The summed E-state index contributed by atoms with van der Waals surface area (Å²) >= 11 is 3.14. The van der Waals surface area contributed by atoms with Gasteiger partial charge in [0.2, 0.25) is 5.88 Å². The molecule has 2 heterocycles. The number of hydrogen-bond donors (Lipinski definition) is 1. The van der Waals surface area contributed by atoms with E-state index in [-0.39, 0.29) is 5.82 Å². The van der Waals surface area contributed by atoms with Crippen molar-refractivity contribution in [2.45, 2.75) is 0 Å². The number of halogens is 2. The van der Waals surface area contributed by atoms with Crippen LogP contribution in [0.4, 0.5) is 4.39 Å². The van der Waals surface area contributed by atoms with E-state index >= 15 is 0 Å². The molecule has 0 aliphatic rings. The van der Waals surface area contributed by atoms with Gasteiger partial charge in [-0.25, -0.2) is 14.4 Å². The summed E-state index contributed by atoms with van der Waals surface area (Å²) in [7, 11) is 1.55. The van der Waals surface area contributed by atoms with E-state index in [1.807, 2.05) is 6.07 Å². The van der Waals surface area contributed by atoms with E-state index < -0.39 is 0 Å². The Labute approximate surface area is 116 Å². The lowest BCUT2D eigenvalue weighted by Crippen LogP contribution is -1.91. The molecular weight excluding hydrogens is 313 g/mol. The van der Waals surface area contributed by atoms with Gasteiger partial charge in [0.15, 0.2) is 0 Å². The average Bonchev–Trinajstić information content (AvgIpc) is 2.82. The molecule has 96 valence electrons. The first kappa shape index (κ1) is 12.1. The molecular formula is C13H9BrFN3O. The number of fused-ring (bicyclic) bond motifs is 1. The van der Waals surface area contributed by atoms with Gasteiger partial charge in [-0.1, -0.05) is 0 Å². The van der Waals surface area contributed by atoms with E-state index in [1.54, 1.807) is 25.4 Å². The molecule has 0 bridgehead atoms. The number of aromatic nitrogens is 3. The van der Waals surface area contributed by atoms with E-state index in [2.05, 4.69) is 30.9 Å². The number of methoxy groups -OCH3 is 1. The van der Waals surface area contributed by atoms with E-state index in [4.69, 9.17) is 4.74 Å². The molecule has 0 amide bonds. The van der Waals surface area contributed by atoms with E-state index in [0.29, 0.717) is 27.2 Å². The molecule has 0 atom stereocenters. The highest BCUT2D eigenvalue weighted by Crippen LogP contribution is 2.29. The lowest BCUT2D eigenvalue weighted by atomic mass is 10.2. The predicted octanol–water partition coefficient (Wildman–Crippen LogP) is 3.54. The Kier molecular flexibility index (Phi) is 2.94. The third-order valence-electron chi connectivity index (χ3n) is 2.74. The molecule has 4 nitrogen and oxygen atoms in total. The van der Waals surface area contributed by atoms with Crippen molar-refractivity contribution in [3.8, 4) is 17.3 Å². The van der Waals surface area contributed by atoms with E-state index in [1.165, 1.54) is 6.07 Å². The summed E-state index contributed by atoms with van der Waals surface area (Å²) in [6.07, 6.45) is 1.64. The number of H-pyrrole nitrogens is 1. The third kappa shape index (κ3) is 2.08. The van der Waals surface area contributed by atoms with Crippen LogP contribution in [0, 0.1) is 5.82 Å². The van der Waals surface area contributed by atoms with Crippen molar-refractivity contribution < 1.29 is 9.13 Å². The highest BCUT2D eigenvalue weighted by atomic mass is 79.9. The highest BCUT2D eigenvalue weighted by molar-refractivity contribution is 9.10. The number of aromatic amines is 1. The van der Waals surface area contributed by atoms with Crippen LogP contribution in [0.1, 0.15) is 0 Å². The predicted molar refractivity (Wildman–Crippen MR) is 73.5 cm³/mol. The average molecular weight is 322 g/mol. The van der Waals surface area contributed by atoms with Gasteiger partial charge in [0.1, 0.15) is 11.6 Å². The maximum absolute atomic E-state index is 13.5. The van der Waals surface area contributed by atoms with Gasteiger partial charge in [-0.2, -0.15) is 0 Å². The number of nitrogens with zero attached hydrogens (tertiary/aromatic N) is 2. The second-order valence-electron chi connectivity index (χ2n) is 3.93. The van der Waals surface area contributed by atoms with Gasteiger partial charge >= 0.3 is 0 Å². The third-order valence-corrected chi connectivity index (χ3v) is 3.35. The molecule has 0 aliphatic carbocycles. The zero-order valence-electron chi connectivity index (χ0n) is 9.95. The molecule has 0 unspecified atom stereocenters. The van der Waals surface area contributed by atoms with Crippen molar-refractivity contribution in [1.29, 1.82) is 0 Å².